The van der Waals surface area contributed by atoms with Crippen LogP contribution in [0.4, 0.5) is 20.6 Å². The maximum Gasteiger partial charge on any atom is 0.329 e. The van der Waals surface area contributed by atoms with Gasteiger partial charge < -0.3 is 4.90 Å². The van der Waals surface area contributed by atoms with E-state index in [0.29, 0.717) is 12.2 Å². The van der Waals surface area contributed by atoms with Crippen LogP contribution in [0.25, 0.3) is 0 Å². The van der Waals surface area contributed by atoms with Crippen molar-refractivity contribution in [1.82, 2.24) is 9.88 Å². The molecule has 1 saturated heterocycles. The van der Waals surface area contributed by atoms with Gasteiger partial charge in [-0.1, -0.05) is 12.1 Å². The molecule has 136 valence electrons. The first-order valence-corrected chi connectivity index (χ1v) is 9.03. The van der Waals surface area contributed by atoms with E-state index in [1.165, 1.54) is 6.07 Å². The quantitative estimate of drug-likeness (QED) is 0.828. The molecule has 1 aromatic heterocycles. The van der Waals surface area contributed by atoms with Gasteiger partial charge in [-0.3, -0.25) is 14.8 Å². The number of hydrogen-bond donors (Lipinski definition) is 0. The zero-order valence-electron chi connectivity index (χ0n) is 15.2. The molecular formula is C20H23FN4O. The molecule has 0 radical (unpaired) electrons. The minimum Gasteiger partial charge on any atom is -0.306 e. The molecule has 0 atom stereocenters. The monoisotopic (exact) mass is 354 g/mol. The predicted molar refractivity (Wildman–Crippen MR) is 100.0 cm³/mol. The van der Waals surface area contributed by atoms with Gasteiger partial charge in [-0.25, -0.2) is 9.18 Å². The Hall–Kier alpha value is -2.47. The van der Waals surface area contributed by atoms with Gasteiger partial charge >= 0.3 is 6.03 Å². The molecule has 5 nitrogen and oxygen atoms in total. The number of carbonyl (C=O) groups is 1. The fourth-order valence-corrected chi connectivity index (χ4v) is 3.99. The topological polar surface area (TPSA) is 39.7 Å². The zero-order valence-corrected chi connectivity index (χ0v) is 15.2. The van der Waals surface area contributed by atoms with Crippen molar-refractivity contribution in [2.75, 3.05) is 29.9 Å². The van der Waals surface area contributed by atoms with E-state index in [-0.39, 0.29) is 17.9 Å². The molecule has 2 aromatic rings. The number of halogens is 1. The van der Waals surface area contributed by atoms with Crippen LogP contribution in [-0.4, -0.2) is 42.1 Å². The lowest BCUT2D eigenvalue weighted by Gasteiger charge is -2.43. The molecule has 1 fully saturated rings. The van der Waals surface area contributed by atoms with Crippen LogP contribution in [0.15, 0.2) is 36.7 Å². The van der Waals surface area contributed by atoms with Crippen molar-refractivity contribution in [2.24, 2.45) is 0 Å². The number of carbonyl (C=O) groups excluding carboxylic acids is 1. The summed E-state index contributed by atoms with van der Waals surface area (Å²) in [5.74, 6) is -0.367. The van der Waals surface area contributed by atoms with E-state index in [0.717, 1.165) is 42.7 Å². The third-order valence-electron chi connectivity index (χ3n) is 5.41. The number of nitrogens with zero attached hydrogens (tertiary/aromatic N) is 4. The number of rotatable bonds is 2. The summed E-state index contributed by atoms with van der Waals surface area (Å²) in [5.41, 5.74) is 2.98. The first kappa shape index (κ1) is 17.0. The predicted octanol–water partition coefficient (Wildman–Crippen LogP) is 3.57. The molecule has 0 unspecified atom stereocenters. The number of aromatic nitrogens is 1. The smallest absolute Gasteiger partial charge is 0.306 e. The van der Waals surface area contributed by atoms with E-state index in [1.807, 2.05) is 24.0 Å². The van der Waals surface area contributed by atoms with Crippen LogP contribution in [-0.2, 0) is 6.54 Å². The van der Waals surface area contributed by atoms with Crippen LogP contribution in [0.2, 0.25) is 0 Å². The molecule has 0 saturated carbocycles. The van der Waals surface area contributed by atoms with Crippen LogP contribution in [0.1, 0.15) is 24.0 Å². The van der Waals surface area contributed by atoms with Crippen LogP contribution < -0.4 is 9.80 Å². The highest BCUT2D eigenvalue weighted by molar-refractivity contribution is 6.06. The maximum atomic E-state index is 14.6. The summed E-state index contributed by atoms with van der Waals surface area (Å²) in [5, 5.41) is 0. The molecule has 2 aliphatic heterocycles. The van der Waals surface area contributed by atoms with Crippen molar-refractivity contribution in [3.63, 3.8) is 0 Å². The number of likely N-dealkylation sites (tertiary alicyclic amines) is 1. The average molecular weight is 354 g/mol. The Bertz CT molecular complexity index is 812. The van der Waals surface area contributed by atoms with Crippen LogP contribution >= 0.6 is 0 Å². The van der Waals surface area contributed by atoms with E-state index in [9.17, 15) is 9.18 Å². The molecule has 3 heterocycles. The van der Waals surface area contributed by atoms with Crippen LogP contribution in [0.3, 0.4) is 0 Å². The number of aryl methyl sites for hydroxylation is 1. The number of anilines is 2. The summed E-state index contributed by atoms with van der Waals surface area (Å²) in [7, 11) is 2.10. The number of para-hydroxylation sites is 1. The third kappa shape index (κ3) is 2.84. The van der Waals surface area contributed by atoms with Crippen molar-refractivity contribution in [3.8, 4) is 0 Å². The van der Waals surface area contributed by atoms with Crippen molar-refractivity contribution >= 4 is 17.4 Å². The zero-order chi connectivity index (χ0) is 18.3. The Morgan fingerprint density at radius 1 is 1.19 bits per heavy atom. The van der Waals surface area contributed by atoms with E-state index >= 15 is 0 Å². The van der Waals surface area contributed by atoms with Crippen molar-refractivity contribution in [2.45, 2.75) is 32.4 Å². The summed E-state index contributed by atoms with van der Waals surface area (Å²) >= 11 is 0. The Labute approximate surface area is 153 Å². The lowest BCUT2D eigenvalue weighted by Crippen LogP contribution is -2.54. The van der Waals surface area contributed by atoms with E-state index < -0.39 is 0 Å². The van der Waals surface area contributed by atoms with Crippen molar-refractivity contribution in [1.29, 1.82) is 0 Å². The second-order valence-corrected chi connectivity index (χ2v) is 7.18. The summed E-state index contributed by atoms with van der Waals surface area (Å²) < 4.78 is 14.6. The molecule has 1 aromatic carbocycles. The third-order valence-corrected chi connectivity index (χ3v) is 5.41. The molecule has 0 aliphatic carbocycles. The molecule has 2 aliphatic rings. The van der Waals surface area contributed by atoms with Gasteiger partial charge in [0.05, 0.1) is 17.9 Å². The van der Waals surface area contributed by atoms with Crippen LogP contribution in [0, 0.1) is 12.7 Å². The number of urea groups is 1. The first-order chi connectivity index (χ1) is 12.6. The summed E-state index contributed by atoms with van der Waals surface area (Å²) in [6.07, 6.45) is 5.33. The fraction of sp³-hybridized carbons (Fsp3) is 0.400. The molecule has 6 heteroatoms. The minimum absolute atomic E-state index is 0.120. The largest absolute Gasteiger partial charge is 0.329 e. The molecule has 0 N–H and O–H groups in total. The Morgan fingerprint density at radius 3 is 2.69 bits per heavy atom. The van der Waals surface area contributed by atoms with Gasteiger partial charge in [-0.15, -0.1) is 0 Å². The molecule has 0 spiro atoms. The Kier molecular flexibility index (Phi) is 4.36. The van der Waals surface area contributed by atoms with Crippen molar-refractivity contribution < 1.29 is 9.18 Å². The molecule has 2 amide bonds. The fourth-order valence-electron chi connectivity index (χ4n) is 3.99. The summed E-state index contributed by atoms with van der Waals surface area (Å²) in [4.78, 5) is 23.3. The maximum absolute atomic E-state index is 14.6. The second-order valence-electron chi connectivity index (χ2n) is 7.18. The van der Waals surface area contributed by atoms with E-state index in [4.69, 9.17) is 0 Å². The molecule has 4 rings (SSSR count). The summed E-state index contributed by atoms with van der Waals surface area (Å²) in [6.45, 7) is 4.08. The van der Waals surface area contributed by atoms with Gasteiger partial charge in [-0.2, -0.15) is 0 Å². The van der Waals surface area contributed by atoms with Gasteiger partial charge in [0, 0.05) is 24.0 Å². The number of piperidine rings is 1. The lowest BCUT2D eigenvalue weighted by molar-refractivity contribution is 0.229. The number of pyridine rings is 1. The van der Waals surface area contributed by atoms with Gasteiger partial charge in [0.1, 0.15) is 5.82 Å². The highest BCUT2D eigenvalue weighted by atomic mass is 19.1. The highest BCUT2D eigenvalue weighted by Gasteiger charge is 2.38. The number of hydrogen-bond acceptors (Lipinski definition) is 3. The average Bonchev–Trinajstić information content (AvgIpc) is 2.63. The first-order valence-electron chi connectivity index (χ1n) is 9.03. The van der Waals surface area contributed by atoms with E-state index in [2.05, 4.69) is 16.9 Å². The minimum atomic E-state index is -0.367. The number of amides is 2. The van der Waals surface area contributed by atoms with Gasteiger partial charge in [0.15, 0.2) is 0 Å². The second kappa shape index (κ2) is 6.68. The van der Waals surface area contributed by atoms with Gasteiger partial charge in [0.25, 0.3) is 0 Å². The van der Waals surface area contributed by atoms with Gasteiger partial charge in [0.2, 0.25) is 0 Å². The number of benzene rings is 1. The Balaban J connectivity index is 1.77. The van der Waals surface area contributed by atoms with Crippen LogP contribution in [0.5, 0.6) is 0 Å². The molecular weight excluding hydrogens is 331 g/mol. The number of fused-ring (bicyclic) bond motifs is 1. The van der Waals surface area contributed by atoms with Crippen molar-refractivity contribution in [3.05, 3.63) is 53.6 Å². The van der Waals surface area contributed by atoms with Gasteiger partial charge in [-0.05, 0) is 57.6 Å². The Morgan fingerprint density at radius 2 is 1.96 bits per heavy atom. The molecule has 0 bridgehead atoms. The summed E-state index contributed by atoms with van der Waals surface area (Å²) in [6, 6.07) is 6.80. The molecule has 26 heavy (non-hydrogen) atoms. The van der Waals surface area contributed by atoms with E-state index in [1.54, 1.807) is 23.4 Å². The lowest BCUT2D eigenvalue weighted by atomic mass is 10.00. The highest BCUT2D eigenvalue weighted by Crippen LogP contribution is 2.36. The standard InChI is InChI=1S/C20H23FN4O/c1-14-4-3-5-17(21)19(14)24-13-15-12-22-9-6-18(15)25(20(24)26)16-7-10-23(2)11-8-16/h3-6,9,12,16H,7-8,10-11,13H2,1-2H3. The SMILES string of the molecule is Cc1cccc(F)c1N1Cc2cnccc2N(C2CCN(C)CC2)C1=O. The normalized spacial score (nSPS) is 19.0.